The van der Waals surface area contributed by atoms with Gasteiger partial charge >= 0.3 is 12.4 Å². The number of halogens is 8. The van der Waals surface area contributed by atoms with Crippen LogP contribution < -0.4 is 10.0 Å². The first-order valence-corrected chi connectivity index (χ1v) is 10.9. The SMILES string of the molecule is O=S(=O)(NCCCNCc1ccc(Cl)c(Cl)c1)c1cc(C(F)(F)F)cc(C(F)(F)F)c1. The Morgan fingerprint density at radius 3 is 1.90 bits per heavy atom. The summed E-state index contributed by atoms with van der Waals surface area (Å²) in [4.78, 5) is -1.11. The molecule has 0 fully saturated rings. The fourth-order valence-corrected chi connectivity index (χ4v) is 3.93. The fourth-order valence-electron chi connectivity index (χ4n) is 2.47. The van der Waals surface area contributed by atoms with E-state index >= 15 is 0 Å². The number of hydrogen-bond donors (Lipinski definition) is 2. The molecule has 0 saturated heterocycles. The number of alkyl halides is 6. The van der Waals surface area contributed by atoms with Crippen molar-refractivity contribution in [1.29, 1.82) is 0 Å². The van der Waals surface area contributed by atoms with Gasteiger partial charge in [-0.15, -0.1) is 0 Å². The first-order chi connectivity index (χ1) is 14.2. The van der Waals surface area contributed by atoms with E-state index in [1.807, 2.05) is 4.72 Å². The van der Waals surface area contributed by atoms with Gasteiger partial charge in [-0.3, -0.25) is 0 Å². The molecule has 13 heteroatoms. The summed E-state index contributed by atoms with van der Waals surface area (Å²) in [6.07, 6.45) is -10.0. The van der Waals surface area contributed by atoms with Crippen LogP contribution >= 0.6 is 23.2 Å². The highest BCUT2D eigenvalue weighted by atomic mass is 35.5. The van der Waals surface area contributed by atoms with Gasteiger partial charge in [-0.05, 0) is 48.9 Å². The molecule has 0 spiro atoms. The number of nitrogens with one attached hydrogen (secondary N) is 2. The van der Waals surface area contributed by atoms with Crippen LogP contribution in [-0.4, -0.2) is 21.5 Å². The molecule has 2 aromatic carbocycles. The van der Waals surface area contributed by atoms with Gasteiger partial charge in [0, 0.05) is 13.1 Å². The minimum atomic E-state index is -5.14. The minimum absolute atomic E-state index is 0.133. The van der Waals surface area contributed by atoms with Gasteiger partial charge in [0.25, 0.3) is 0 Å². The largest absolute Gasteiger partial charge is 0.416 e. The zero-order valence-electron chi connectivity index (χ0n) is 15.5. The Balaban J connectivity index is 1.98. The summed E-state index contributed by atoms with van der Waals surface area (Å²) in [6.45, 7) is 0.514. The molecule has 0 heterocycles. The lowest BCUT2D eigenvalue weighted by Gasteiger charge is -2.15. The number of hydrogen-bond acceptors (Lipinski definition) is 3. The molecule has 2 rings (SSSR count). The molecule has 172 valence electrons. The third-order valence-corrected chi connectivity index (χ3v) is 6.19. The second-order valence-electron chi connectivity index (χ2n) is 6.42. The molecule has 2 N–H and O–H groups in total. The Labute approximate surface area is 184 Å². The Bertz CT molecular complexity index is 994. The molecule has 0 aliphatic heterocycles. The van der Waals surface area contributed by atoms with Gasteiger partial charge in [0.1, 0.15) is 0 Å². The van der Waals surface area contributed by atoms with E-state index in [0.29, 0.717) is 23.1 Å². The van der Waals surface area contributed by atoms with E-state index in [9.17, 15) is 34.8 Å². The van der Waals surface area contributed by atoms with Crippen LogP contribution in [-0.2, 0) is 28.9 Å². The highest BCUT2D eigenvalue weighted by Gasteiger charge is 2.38. The zero-order chi connectivity index (χ0) is 23.4. The first-order valence-electron chi connectivity index (χ1n) is 8.64. The zero-order valence-corrected chi connectivity index (χ0v) is 17.9. The maximum atomic E-state index is 12.9. The van der Waals surface area contributed by atoms with Crippen molar-refractivity contribution in [2.75, 3.05) is 13.1 Å². The van der Waals surface area contributed by atoms with Gasteiger partial charge in [-0.1, -0.05) is 29.3 Å². The van der Waals surface area contributed by atoms with Crippen molar-refractivity contribution >= 4 is 33.2 Å². The van der Waals surface area contributed by atoms with Crippen molar-refractivity contribution in [2.24, 2.45) is 0 Å². The molecule has 0 aliphatic rings. The summed E-state index contributed by atoms with van der Waals surface area (Å²) in [5.74, 6) is 0. The average molecular weight is 509 g/mol. The first kappa shape index (κ1) is 25.7. The maximum absolute atomic E-state index is 12.9. The maximum Gasteiger partial charge on any atom is 0.416 e. The Hall–Kier alpha value is -1.53. The van der Waals surface area contributed by atoms with Gasteiger partial charge in [0.2, 0.25) is 10.0 Å². The summed E-state index contributed by atoms with van der Waals surface area (Å²) in [5, 5.41) is 3.76. The van der Waals surface area contributed by atoms with E-state index < -0.39 is 38.4 Å². The smallest absolute Gasteiger partial charge is 0.313 e. The molecule has 0 bridgehead atoms. The van der Waals surface area contributed by atoms with Crippen molar-refractivity contribution in [2.45, 2.75) is 30.2 Å². The van der Waals surface area contributed by atoms with Crippen molar-refractivity contribution in [3.63, 3.8) is 0 Å². The normalized spacial score (nSPS) is 12.9. The second kappa shape index (κ2) is 9.95. The van der Waals surface area contributed by atoms with E-state index in [2.05, 4.69) is 5.32 Å². The topological polar surface area (TPSA) is 58.2 Å². The van der Waals surface area contributed by atoms with Gasteiger partial charge in [0.05, 0.1) is 26.1 Å². The molecule has 0 atom stereocenters. The third-order valence-electron chi connectivity index (χ3n) is 4.01. The molecule has 0 radical (unpaired) electrons. The summed E-state index contributed by atoms with van der Waals surface area (Å²) in [7, 11) is -4.59. The summed E-state index contributed by atoms with van der Waals surface area (Å²) in [6, 6.07) is 5.19. The molecule has 0 saturated carbocycles. The summed E-state index contributed by atoms with van der Waals surface area (Å²) in [5.41, 5.74) is -2.59. The van der Waals surface area contributed by atoms with Gasteiger partial charge in [0.15, 0.2) is 0 Å². The van der Waals surface area contributed by atoms with Gasteiger partial charge in [-0.25, -0.2) is 13.1 Å². The van der Waals surface area contributed by atoms with Crippen molar-refractivity contribution in [3.8, 4) is 0 Å². The molecule has 0 unspecified atom stereocenters. The average Bonchev–Trinajstić information content (AvgIpc) is 2.65. The monoisotopic (exact) mass is 508 g/mol. The van der Waals surface area contributed by atoms with Crippen molar-refractivity contribution in [1.82, 2.24) is 10.0 Å². The number of sulfonamides is 1. The standard InChI is InChI=1S/C18H16Cl2F6N2O2S/c19-15-3-2-11(6-16(15)20)10-27-4-1-5-28-31(29,30)14-8-12(17(21,22)23)7-13(9-14)18(24,25)26/h2-3,6-9,27-28H,1,4-5,10H2. The van der Waals surface area contributed by atoms with Crippen molar-refractivity contribution in [3.05, 3.63) is 63.1 Å². The predicted octanol–water partition coefficient (Wildman–Crippen LogP) is 5.49. The number of rotatable bonds is 8. The highest BCUT2D eigenvalue weighted by molar-refractivity contribution is 7.89. The summed E-state index contributed by atoms with van der Waals surface area (Å²) >= 11 is 11.7. The lowest BCUT2D eigenvalue weighted by molar-refractivity contribution is -0.143. The van der Waals surface area contributed by atoms with Crippen LogP contribution in [0.1, 0.15) is 23.1 Å². The Morgan fingerprint density at radius 1 is 0.806 bits per heavy atom. The molecular weight excluding hydrogens is 493 g/mol. The second-order valence-corrected chi connectivity index (χ2v) is 9.00. The number of benzene rings is 2. The lowest BCUT2D eigenvalue weighted by atomic mass is 10.1. The molecule has 2 aromatic rings. The van der Waals surface area contributed by atoms with E-state index in [1.165, 1.54) is 0 Å². The van der Waals surface area contributed by atoms with Crippen LogP contribution in [0.2, 0.25) is 10.0 Å². The molecule has 4 nitrogen and oxygen atoms in total. The van der Waals surface area contributed by atoms with Crippen LogP contribution in [0.15, 0.2) is 41.3 Å². The van der Waals surface area contributed by atoms with E-state index in [0.717, 1.165) is 5.56 Å². The van der Waals surface area contributed by atoms with Crippen LogP contribution in [0.4, 0.5) is 26.3 Å². The van der Waals surface area contributed by atoms with E-state index in [-0.39, 0.29) is 31.2 Å². The van der Waals surface area contributed by atoms with Crippen LogP contribution in [0.5, 0.6) is 0 Å². The van der Waals surface area contributed by atoms with Gasteiger partial charge < -0.3 is 5.32 Å². The quantitative estimate of drug-likeness (QED) is 0.366. The molecule has 0 aliphatic carbocycles. The highest BCUT2D eigenvalue weighted by Crippen LogP contribution is 2.37. The molecule has 0 aromatic heterocycles. The van der Waals surface area contributed by atoms with Gasteiger partial charge in [-0.2, -0.15) is 26.3 Å². The third kappa shape index (κ3) is 7.53. The Kier molecular flexibility index (Phi) is 8.26. The lowest BCUT2D eigenvalue weighted by Crippen LogP contribution is -2.28. The van der Waals surface area contributed by atoms with E-state index in [4.69, 9.17) is 23.2 Å². The van der Waals surface area contributed by atoms with E-state index in [1.54, 1.807) is 18.2 Å². The molecule has 0 amide bonds. The summed E-state index contributed by atoms with van der Waals surface area (Å²) < 4.78 is 104. The predicted molar refractivity (Wildman–Crippen MR) is 104 cm³/mol. The van der Waals surface area contributed by atoms with Crippen LogP contribution in [0, 0.1) is 0 Å². The minimum Gasteiger partial charge on any atom is -0.313 e. The van der Waals surface area contributed by atoms with Crippen LogP contribution in [0.3, 0.4) is 0 Å². The molecular formula is C18H16Cl2F6N2O2S. The van der Waals surface area contributed by atoms with Crippen molar-refractivity contribution < 1.29 is 34.8 Å². The molecule has 31 heavy (non-hydrogen) atoms. The fraction of sp³-hybridized carbons (Fsp3) is 0.333. The van der Waals surface area contributed by atoms with Crippen LogP contribution in [0.25, 0.3) is 0 Å². The Morgan fingerprint density at radius 2 is 1.39 bits per heavy atom.